The molecule has 5 heteroatoms. The summed E-state index contributed by atoms with van der Waals surface area (Å²) in [5.74, 6) is 1.01. The number of nitrogens with zero attached hydrogens (tertiary/aromatic N) is 1. The van der Waals surface area contributed by atoms with Crippen LogP contribution in [0.5, 0.6) is 0 Å². The molecule has 108 valence electrons. The zero-order valence-corrected chi connectivity index (χ0v) is 13.2. The fourth-order valence-electron chi connectivity index (χ4n) is 1.97. The molecule has 0 fully saturated rings. The number of thioether (sulfide) groups is 1. The number of aliphatic hydroxyl groups is 1. The van der Waals surface area contributed by atoms with Gasteiger partial charge in [-0.2, -0.15) is 11.8 Å². The second-order valence-corrected chi connectivity index (χ2v) is 6.39. The van der Waals surface area contributed by atoms with Gasteiger partial charge in [0.25, 0.3) is 0 Å². The highest BCUT2D eigenvalue weighted by atomic mass is 32.2. The van der Waals surface area contributed by atoms with Gasteiger partial charge < -0.3 is 10.4 Å². The molecule has 1 heterocycles. The van der Waals surface area contributed by atoms with Crippen LogP contribution in [0.25, 0.3) is 11.3 Å². The molecule has 0 aliphatic carbocycles. The first-order valence-corrected chi connectivity index (χ1v) is 8.94. The molecule has 0 radical (unpaired) electrons. The molecule has 0 aliphatic heterocycles. The van der Waals surface area contributed by atoms with Crippen LogP contribution in [0.2, 0.25) is 0 Å². The first-order chi connectivity index (χ1) is 9.83. The van der Waals surface area contributed by atoms with Crippen LogP contribution in [0, 0.1) is 0 Å². The van der Waals surface area contributed by atoms with E-state index in [9.17, 15) is 0 Å². The third kappa shape index (κ3) is 4.59. The number of benzene rings is 1. The fraction of sp³-hybridized carbons (Fsp3) is 0.400. The number of rotatable bonds is 8. The average Bonchev–Trinajstić information content (AvgIpc) is 2.95. The van der Waals surface area contributed by atoms with Crippen molar-refractivity contribution in [3.05, 3.63) is 40.7 Å². The lowest BCUT2D eigenvalue weighted by molar-refractivity contribution is 0.269. The highest BCUT2D eigenvalue weighted by molar-refractivity contribution is 7.98. The van der Waals surface area contributed by atoms with E-state index in [4.69, 9.17) is 5.11 Å². The number of hydrogen-bond donors (Lipinski definition) is 2. The molecule has 2 rings (SSSR count). The summed E-state index contributed by atoms with van der Waals surface area (Å²) in [6.45, 7) is 0.994. The van der Waals surface area contributed by atoms with E-state index < -0.39 is 0 Å². The van der Waals surface area contributed by atoms with Gasteiger partial charge in [0.15, 0.2) is 0 Å². The van der Waals surface area contributed by atoms with Gasteiger partial charge in [-0.25, -0.2) is 4.98 Å². The summed E-state index contributed by atoms with van der Waals surface area (Å²) < 4.78 is 0. The van der Waals surface area contributed by atoms with Gasteiger partial charge in [0.2, 0.25) is 0 Å². The summed E-state index contributed by atoms with van der Waals surface area (Å²) >= 11 is 3.48. The molecule has 0 amide bonds. The monoisotopic (exact) mass is 308 g/mol. The van der Waals surface area contributed by atoms with Crippen LogP contribution in [-0.2, 0) is 6.54 Å². The largest absolute Gasteiger partial charge is 0.396 e. The van der Waals surface area contributed by atoms with Crippen LogP contribution < -0.4 is 5.32 Å². The number of nitrogens with one attached hydrogen (secondary N) is 1. The second kappa shape index (κ2) is 8.42. The van der Waals surface area contributed by atoms with E-state index in [2.05, 4.69) is 34.1 Å². The maximum Gasteiger partial charge on any atom is 0.107 e. The van der Waals surface area contributed by atoms with Crippen molar-refractivity contribution in [2.75, 3.05) is 18.6 Å². The Morgan fingerprint density at radius 3 is 2.85 bits per heavy atom. The molecule has 0 saturated carbocycles. The predicted molar refractivity (Wildman–Crippen MR) is 88.3 cm³/mol. The van der Waals surface area contributed by atoms with E-state index in [-0.39, 0.29) is 6.61 Å². The third-order valence-electron chi connectivity index (χ3n) is 3.01. The van der Waals surface area contributed by atoms with Crippen LogP contribution in [0.1, 0.15) is 11.4 Å². The summed E-state index contributed by atoms with van der Waals surface area (Å²) in [7, 11) is 0. The quantitative estimate of drug-likeness (QED) is 0.787. The van der Waals surface area contributed by atoms with E-state index in [1.165, 1.54) is 0 Å². The average molecular weight is 308 g/mol. The number of hydrogen-bond acceptors (Lipinski definition) is 5. The molecule has 0 spiro atoms. The first kappa shape index (κ1) is 15.5. The highest BCUT2D eigenvalue weighted by Crippen LogP contribution is 2.21. The fourth-order valence-corrected chi connectivity index (χ4v) is 3.41. The first-order valence-electron chi connectivity index (χ1n) is 6.66. The predicted octanol–water partition coefficient (Wildman–Crippen LogP) is 3.01. The Balaban J connectivity index is 1.92. The van der Waals surface area contributed by atoms with Crippen LogP contribution in [0.3, 0.4) is 0 Å². The van der Waals surface area contributed by atoms with E-state index in [0.29, 0.717) is 6.04 Å². The maximum absolute atomic E-state index is 9.05. The smallest absolute Gasteiger partial charge is 0.107 e. The Morgan fingerprint density at radius 1 is 1.35 bits per heavy atom. The summed E-state index contributed by atoms with van der Waals surface area (Å²) in [5.41, 5.74) is 2.20. The molecule has 0 saturated heterocycles. The van der Waals surface area contributed by atoms with Gasteiger partial charge in [-0.1, -0.05) is 30.3 Å². The summed E-state index contributed by atoms with van der Waals surface area (Å²) in [5, 5.41) is 15.7. The van der Waals surface area contributed by atoms with Gasteiger partial charge in [0, 0.05) is 35.9 Å². The lowest BCUT2D eigenvalue weighted by Crippen LogP contribution is -2.31. The van der Waals surface area contributed by atoms with Crippen LogP contribution in [0.4, 0.5) is 0 Å². The Bertz CT molecular complexity index is 496. The van der Waals surface area contributed by atoms with E-state index in [0.717, 1.165) is 35.0 Å². The molecular formula is C15H20N2OS2. The molecule has 0 aliphatic rings. The van der Waals surface area contributed by atoms with Gasteiger partial charge in [0.05, 0.1) is 5.69 Å². The van der Waals surface area contributed by atoms with E-state index in [1.807, 2.05) is 18.2 Å². The van der Waals surface area contributed by atoms with Crippen molar-refractivity contribution in [1.82, 2.24) is 10.3 Å². The van der Waals surface area contributed by atoms with E-state index >= 15 is 0 Å². The van der Waals surface area contributed by atoms with Gasteiger partial charge in [0.1, 0.15) is 5.01 Å². The molecule has 3 nitrogen and oxygen atoms in total. The molecule has 1 aromatic carbocycles. The summed E-state index contributed by atoms with van der Waals surface area (Å²) in [6.07, 6.45) is 2.88. The highest BCUT2D eigenvalue weighted by Gasteiger charge is 2.09. The van der Waals surface area contributed by atoms with Crippen molar-refractivity contribution in [1.29, 1.82) is 0 Å². The second-order valence-electron chi connectivity index (χ2n) is 4.54. The lowest BCUT2D eigenvalue weighted by Gasteiger charge is -2.15. The van der Waals surface area contributed by atoms with Crippen molar-refractivity contribution >= 4 is 23.1 Å². The topological polar surface area (TPSA) is 45.1 Å². The maximum atomic E-state index is 9.05. The normalized spacial score (nSPS) is 12.5. The molecule has 1 aromatic heterocycles. The van der Waals surface area contributed by atoms with Crippen LogP contribution in [0.15, 0.2) is 35.7 Å². The molecule has 20 heavy (non-hydrogen) atoms. The minimum Gasteiger partial charge on any atom is -0.396 e. The van der Waals surface area contributed by atoms with Gasteiger partial charge in [-0.3, -0.25) is 0 Å². The molecule has 1 unspecified atom stereocenters. The number of aliphatic hydroxyl groups excluding tert-OH is 1. The Labute approximate surface area is 128 Å². The van der Waals surface area contributed by atoms with Crippen molar-refractivity contribution in [2.24, 2.45) is 0 Å². The molecule has 0 bridgehead atoms. The molecule has 2 N–H and O–H groups in total. The number of thiazole rings is 1. The number of aromatic nitrogens is 1. The molecule has 1 atom stereocenters. The van der Waals surface area contributed by atoms with Crippen molar-refractivity contribution < 1.29 is 5.11 Å². The minimum atomic E-state index is 0.228. The van der Waals surface area contributed by atoms with Crippen molar-refractivity contribution in [3.63, 3.8) is 0 Å². The van der Waals surface area contributed by atoms with Gasteiger partial charge in [-0.05, 0) is 12.7 Å². The zero-order valence-electron chi connectivity index (χ0n) is 11.6. The summed E-state index contributed by atoms with van der Waals surface area (Å²) in [4.78, 5) is 4.66. The Kier molecular flexibility index (Phi) is 6.53. The molecular weight excluding hydrogens is 288 g/mol. The van der Waals surface area contributed by atoms with Crippen molar-refractivity contribution in [3.8, 4) is 11.3 Å². The SMILES string of the molecule is CSCC(CCO)NCc1nc(-c2ccccc2)cs1. The summed E-state index contributed by atoms with van der Waals surface area (Å²) in [6, 6.07) is 10.6. The Hall–Kier alpha value is -0.880. The van der Waals surface area contributed by atoms with Gasteiger partial charge >= 0.3 is 0 Å². The standard InChI is InChI=1S/C15H20N2OS2/c1-19-10-13(7-8-18)16-9-15-17-14(11-20-15)12-5-3-2-4-6-12/h2-6,11,13,16,18H,7-10H2,1H3. The van der Waals surface area contributed by atoms with Gasteiger partial charge in [-0.15, -0.1) is 11.3 Å². The van der Waals surface area contributed by atoms with Crippen molar-refractivity contribution in [2.45, 2.75) is 19.0 Å². The minimum absolute atomic E-state index is 0.228. The Morgan fingerprint density at radius 2 is 2.15 bits per heavy atom. The zero-order chi connectivity index (χ0) is 14.2. The van der Waals surface area contributed by atoms with Crippen LogP contribution in [-0.4, -0.2) is 34.7 Å². The van der Waals surface area contributed by atoms with Crippen LogP contribution >= 0.6 is 23.1 Å². The third-order valence-corrected chi connectivity index (χ3v) is 4.59. The lowest BCUT2D eigenvalue weighted by atomic mass is 10.2. The molecule has 2 aromatic rings. The van der Waals surface area contributed by atoms with E-state index in [1.54, 1.807) is 23.1 Å².